The van der Waals surface area contributed by atoms with Crippen molar-refractivity contribution < 1.29 is 24.2 Å². The Labute approximate surface area is 157 Å². The van der Waals surface area contributed by atoms with E-state index in [9.17, 15) is 19.5 Å². The summed E-state index contributed by atoms with van der Waals surface area (Å²) < 4.78 is 4.94. The van der Waals surface area contributed by atoms with Crippen LogP contribution in [0.4, 0.5) is 5.69 Å². The molecule has 0 aliphatic rings. The van der Waals surface area contributed by atoms with Gasteiger partial charge in [-0.05, 0) is 37.6 Å². The van der Waals surface area contributed by atoms with Gasteiger partial charge in [-0.3, -0.25) is 9.59 Å². The van der Waals surface area contributed by atoms with Crippen molar-refractivity contribution in [2.75, 3.05) is 25.5 Å². The predicted molar refractivity (Wildman–Crippen MR) is 101 cm³/mol. The van der Waals surface area contributed by atoms with Crippen LogP contribution in [0.2, 0.25) is 0 Å². The first-order valence-corrected chi connectivity index (χ1v) is 8.34. The lowest BCUT2D eigenvalue weighted by molar-refractivity contribution is -0.136. The summed E-state index contributed by atoms with van der Waals surface area (Å²) in [6, 6.07) is 11.9. The molecule has 0 aliphatic heterocycles. The highest BCUT2D eigenvalue weighted by Gasteiger charge is 2.18. The summed E-state index contributed by atoms with van der Waals surface area (Å²) in [6.45, 7) is 2.88. The highest BCUT2D eigenvalue weighted by Crippen LogP contribution is 2.22. The molecule has 0 bridgehead atoms. The molecule has 0 fully saturated rings. The first kappa shape index (κ1) is 20.0. The number of hydrogen-bond acceptors (Lipinski definition) is 5. The van der Waals surface area contributed by atoms with Crippen LogP contribution in [0.25, 0.3) is 0 Å². The molecule has 7 nitrogen and oxygen atoms in total. The van der Waals surface area contributed by atoms with Crippen molar-refractivity contribution in [1.82, 2.24) is 4.90 Å². The van der Waals surface area contributed by atoms with Gasteiger partial charge in [0.25, 0.3) is 5.91 Å². The minimum Gasteiger partial charge on any atom is -0.507 e. The van der Waals surface area contributed by atoms with Gasteiger partial charge in [-0.15, -0.1) is 0 Å². The number of ether oxygens (including phenoxy) is 1. The van der Waals surface area contributed by atoms with Crippen LogP contribution in [0.5, 0.6) is 5.75 Å². The Kier molecular flexibility index (Phi) is 6.54. The van der Waals surface area contributed by atoms with Gasteiger partial charge in [-0.25, -0.2) is 4.79 Å². The van der Waals surface area contributed by atoms with E-state index in [1.54, 1.807) is 31.2 Å². The van der Waals surface area contributed by atoms with Crippen molar-refractivity contribution in [3.05, 3.63) is 59.2 Å². The fourth-order valence-electron chi connectivity index (χ4n) is 2.28. The number of carbonyl (C=O) groups excluding carboxylic acids is 3. The van der Waals surface area contributed by atoms with Crippen LogP contribution in [-0.2, 0) is 14.3 Å². The molecule has 2 rings (SSSR count). The normalized spacial score (nSPS) is 10.2. The van der Waals surface area contributed by atoms with Gasteiger partial charge in [0, 0.05) is 12.7 Å². The van der Waals surface area contributed by atoms with Crippen molar-refractivity contribution in [3.63, 3.8) is 0 Å². The highest BCUT2D eigenvalue weighted by atomic mass is 16.5. The van der Waals surface area contributed by atoms with Crippen molar-refractivity contribution in [2.45, 2.75) is 13.8 Å². The van der Waals surface area contributed by atoms with Crippen molar-refractivity contribution in [2.24, 2.45) is 0 Å². The minimum atomic E-state index is -0.804. The quantitative estimate of drug-likeness (QED) is 0.761. The number of carbonyl (C=O) groups is 3. The number of aromatic hydroxyl groups is 1. The smallest absolute Gasteiger partial charge is 0.342 e. The van der Waals surface area contributed by atoms with Gasteiger partial charge >= 0.3 is 5.97 Å². The fourth-order valence-corrected chi connectivity index (χ4v) is 2.28. The molecule has 27 heavy (non-hydrogen) atoms. The molecular formula is C20H22N2O5. The van der Waals surface area contributed by atoms with Crippen LogP contribution in [0, 0.1) is 13.8 Å². The maximum atomic E-state index is 12.1. The molecule has 142 valence electrons. The molecule has 2 aromatic rings. The molecule has 0 aliphatic carbocycles. The summed E-state index contributed by atoms with van der Waals surface area (Å²) in [7, 11) is 1.44. The summed E-state index contributed by atoms with van der Waals surface area (Å²) >= 11 is 0. The number of esters is 1. The third kappa shape index (κ3) is 5.57. The van der Waals surface area contributed by atoms with E-state index >= 15 is 0 Å². The number of phenolic OH excluding ortho intramolecular Hbond substituents is 1. The number of amides is 2. The number of anilines is 1. The van der Waals surface area contributed by atoms with E-state index in [1.165, 1.54) is 13.1 Å². The molecule has 0 atom stereocenters. The second-order valence-corrected chi connectivity index (χ2v) is 6.21. The molecule has 2 amide bonds. The summed E-state index contributed by atoms with van der Waals surface area (Å²) in [4.78, 5) is 37.2. The number of nitrogens with one attached hydrogen (secondary N) is 1. The van der Waals surface area contributed by atoms with E-state index in [2.05, 4.69) is 5.32 Å². The number of aryl methyl sites for hydroxylation is 2. The molecule has 0 radical (unpaired) electrons. The standard InChI is InChI=1S/C20H22N2O5/c1-13-7-9-15(10-8-13)21-17(23)11-22(3)18(24)12-27-20(26)16-6-4-5-14(2)19(16)25/h4-10,25H,11-12H2,1-3H3,(H,21,23). The van der Waals surface area contributed by atoms with Gasteiger partial charge in [-0.1, -0.05) is 29.8 Å². The zero-order chi connectivity index (χ0) is 20.0. The molecule has 0 heterocycles. The van der Waals surface area contributed by atoms with E-state index in [4.69, 9.17) is 4.74 Å². The third-order valence-electron chi connectivity index (χ3n) is 3.93. The first-order chi connectivity index (χ1) is 12.8. The third-order valence-corrected chi connectivity index (χ3v) is 3.93. The minimum absolute atomic E-state index is 0.0115. The lowest BCUT2D eigenvalue weighted by atomic mass is 10.1. The van der Waals surface area contributed by atoms with E-state index in [1.807, 2.05) is 19.1 Å². The monoisotopic (exact) mass is 370 g/mol. The topological polar surface area (TPSA) is 95.9 Å². The van der Waals surface area contributed by atoms with Crippen LogP contribution in [-0.4, -0.2) is 48.0 Å². The molecule has 0 spiro atoms. The van der Waals surface area contributed by atoms with Crippen LogP contribution in [0.3, 0.4) is 0 Å². The van der Waals surface area contributed by atoms with E-state index in [0.717, 1.165) is 10.5 Å². The predicted octanol–water partition coefficient (Wildman–Crippen LogP) is 2.26. The Morgan fingerprint density at radius 1 is 1.07 bits per heavy atom. The van der Waals surface area contributed by atoms with Crippen LogP contribution in [0.1, 0.15) is 21.5 Å². The van der Waals surface area contributed by atoms with Crippen LogP contribution in [0.15, 0.2) is 42.5 Å². The number of benzene rings is 2. The van der Waals surface area contributed by atoms with Gasteiger partial charge in [0.05, 0.1) is 6.54 Å². The van der Waals surface area contributed by atoms with Crippen molar-refractivity contribution in [3.8, 4) is 5.75 Å². The molecule has 0 saturated heterocycles. The first-order valence-electron chi connectivity index (χ1n) is 8.34. The maximum Gasteiger partial charge on any atom is 0.342 e. The largest absolute Gasteiger partial charge is 0.507 e. The van der Waals surface area contributed by atoms with Crippen LogP contribution >= 0.6 is 0 Å². The van der Waals surface area contributed by atoms with Gasteiger partial charge in [0.15, 0.2) is 6.61 Å². The molecule has 7 heteroatoms. The van der Waals surface area contributed by atoms with E-state index in [-0.39, 0.29) is 23.8 Å². The molecule has 0 saturated carbocycles. The Bertz CT molecular complexity index is 846. The summed E-state index contributed by atoms with van der Waals surface area (Å²) in [5.41, 5.74) is 2.22. The number of rotatable bonds is 6. The highest BCUT2D eigenvalue weighted by molar-refractivity contribution is 5.96. The van der Waals surface area contributed by atoms with E-state index in [0.29, 0.717) is 11.3 Å². The summed E-state index contributed by atoms with van der Waals surface area (Å²) in [5.74, 6) is -1.88. The van der Waals surface area contributed by atoms with E-state index < -0.39 is 18.5 Å². The number of nitrogens with zero attached hydrogens (tertiary/aromatic N) is 1. The second kappa shape index (κ2) is 8.84. The van der Waals surface area contributed by atoms with Gasteiger partial charge in [-0.2, -0.15) is 0 Å². The number of para-hydroxylation sites is 1. The summed E-state index contributed by atoms with van der Waals surface area (Å²) in [5, 5.41) is 12.6. The maximum absolute atomic E-state index is 12.1. The number of hydrogen-bond donors (Lipinski definition) is 2. The molecule has 0 unspecified atom stereocenters. The molecule has 2 aromatic carbocycles. The Morgan fingerprint density at radius 2 is 1.74 bits per heavy atom. The van der Waals surface area contributed by atoms with Gasteiger partial charge in [0.2, 0.25) is 5.91 Å². The average Bonchev–Trinajstić information content (AvgIpc) is 2.63. The average molecular weight is 370 g/mol. The Morgan fingerprint density at radius 3 is 2.41 bits per heavy atom. The fraction of sp³-hybridized carbons (Fsp3) is 0.250. The van der Waals surface area contributed by atoms with Gasteiger partial charge < -0.3 is 20.1 Å². The SMILES string of the molecule is Cc1ccc(NC(=O)CN(C)C(=O)COC(=O)c2cccc(C)c2O)cc1. The lowest BCUT2D eigenvalue weighted by Crippen LogP contribution is -2.37. The molecule has 2 N–H and O–H groups in total. The van der Waals surface area contributed by atoms with Crippen molar-refractivity contribution in [1.29, 1.82) is 0 Å². The lowest BCUT2D eigenvalue weighted by Gasteiger charge is -2.17. The zero-order valence-corrected chi connectivity index (χ0v) is 15.5. The van der Waals surface area contributed by atoms with Gasteiger partial charge in [0.1, 0.15) is 11.3 Å². The Hall–Kier alpha value is -3.35. The molecular weight excluding hydrogens is 348 g/mol. The van der Waals surface area contributed by atoms with Crippen LogP contribution < -0.4 is 5.32 Å². The second-order valence-electron chi connectivity index (χ2n) is 6.21. The number of phenols is 1. The number of likely N-dealkylation sites (N-methyl/N-ethyl adjacent to an activating group) is 1. The van der Waals surface area contributed by atoms with Crippen molar-refractivity contribution >= 4 is 23.5 Å². The summed E-state index contributed by atoms with van der Waals surface area (Å²) in [6.07, 6.45) is 0. The zero-order valence-electron chi connectivity index (χ0n) is 15.5. The Balaban J connectivity index is 1.84. The molecule has 0 aromatic heterocycles.